The minimum atomic E-state index is -0.407. The highest BCUT2D eigenvalue weighted by molar-refractivity contribution is 7.11. The van der Waals surface area contributed by atoms with Gasteiger partial charge in [0, 0.05) is 11.3 Å². The molecule has 0 atom stereocenters. The molecule has 0 spiro atoms. The molecular formula is C15H20N2OS2. The lowest BCUT2D eigenvalue weighted by atomic mass is 10.1. The topological polar surface area (TPSA) is 42.0 Å². The number of thiazole rings is 1. The van der Waals surface area contributed by atoms with Crippen LogP contribution in [0.5, 0.6) is 0 Å². The van der Waals surface area contributed by atoms with Crippen molar-refractivity contribution in [3.8, 4) is 0 Å². The van der Waals surface area contributed by atoms with Crippen LogP contribution in [0.3, 0.4) is 0 Å². The Morgan fingerprint density at radius 3 is 2.70 bits per heavy atom. The van der Waals surface area contributed by atoms with Gasteiger partial charge >= 0.3 is 0 Å². The summed E-state index contributed by atoms with van der Waals surface area (Å²) in [6.45, 7) is 8.08. The molecule has 0 bridgehead atoms. The average Bonchev–Trinajstić information content (AvgIpc) is 2.97. The molecule has 0 aliphatic carbocycles. The van der Waals surface area contributed by atoms with Gasteiger partial charge in [-0.1, -0.05) is 0 Å². The highest BCUT2D eigenvalue weighted by atomic mass is 32.1. The lowest BCUT2D eigenvalue weighted by molar-refractivity contribution is -0.122. The molecule has 0 aromatic carbocycles. The fourth-order valence-electron chi connectivity index (χ4n) is 1.90. The van der Waals surface area contributed by atoms with E-state index in [2.05, 4.69) is 28.7 Å². The second kappa shape index (κ2) is 6.06. The Hall–Kier alpha value is -1.20. The average molecular weight is 308 g/mol. The maximum atomic E-state index is 12.1. The molecule has 0 aliphatic heterocycles. The quantitative estimate of drug-likeness (QED) is 0.912. The van der Waals surface area contributed by atoms with Gasteiger partial charge in [0.05, 0.1) is 11.2 Å². The van der Waals surface area contributed by atoms with E-state index in [1.54, 1.807) is 22.7 Å². The number of rotatable bonds is 5. The molecule has 2 heterocycles. The predicted octanol–water partition coefficient (Wildman–Crippen LogP) is 3.81. The molecule has 0 fully saturated rings. The van der Waals surface area contributed by atoms with Gasteiger partial charge in [0.25, 0.3) is 0 Å². The van der Waals surface area contributed by atoms with Crippen molar-refractivity contribution in [3.63, 3.8) is 0 Å². The van der Waals surface area contributed by atoms with Crippen molar-refractivity contribution in [2.24, 2.45) is 0 Å². The third kappa shape index (κ3) is 3.67. The number of carbonyl (C=O) groups excluding carboxylic acids is 1. The second-order valence-electron chi connectivity index (χ2n) is 5.47. The van der Waals surface area contributed by atoms with Gasteiger partial charge in [-0.05, 0) is 56.5 Å². The molecule has 2 aromatic heterocycles. The molecule has 5 heteroatoms. The molecule has 108 valence electrons. The number of carbonyl (C=O) groups is 1. The number of nitrogens with one attached hydrogen (secondary N) is 1. The molecule has 2 aromatic rings. The molecular weight excluding hydrogens is 288 g/mol. The molecule has 1 amide bonds. The van der Waals surface area contributed by atoms with Crippen LogP contribution in [-0.2, 0) is 16.8 Å². The molecule has 2 rings (SSSR count). The minimum Gasteiger partial charge on any atom is -0.345 e. The standard InChI is InChI=1S/C15H20N2OS2/c1-10-11(2)20-14(16-10)15(3,4)17-13(18)6-5-12-7-8-19-9-12/h7-9H,5-6H2,1-4H3,(H,17,18). The van der Waals surface area contributed by atoms with E-state index in [-0.39, 0.29) is 5.91 Å². The smallest absolute Gasteiger partial charge is 0.221 e. The van der Waals surface area contributed by atoms with Crippen LogP contribution in [0.15, 0.2) is 16.8 Å². The summed E-state index contributed by atoms with van der Waals surface area (Å²) in [4.78, 5) is 17.8. The number of thiophene rings is 1. The zero-order valence-corrected chi connectivity index (χ0v) is 14.0. The zero-order chi connectivity index (χ0) is 14.8. The van der Waals surface area contributed by atoms with E-state index in [0.29, 0.717) is 6.42 Å². The largest absolute Gasteiger partial charge is 0.345 e. The van der Waals surface area contributed by atoms with Crippen LogP contribution in [0.2, 0.25) is 0 Å². The summed E-state index contributed by atoms with van der Waals surface area (Å²) in [5.74, 6) is 0.0757. The van der Waals surface area contributed by atoms with Gasteiger partial charge < -0.3 is 5.32 Å². The summed E-state index contributed by atoms with van der Waals surface area (Å²) < 4.78 is 0. The molecule has 0 saturated carbocycles. The van der Waals surface area contributed by atoms with Gasteiger partial charge in [0.1, 0.15) is 5.01 Å². The van der Waals surface area contributed by atoms with Gasteiger partial charge in [0.15, 0.2) is 0 Å². The van der Waals surface area contributed by atoms with Gasteiger partial charge in [-0.15, -0.1) is 11.3 Å². The van der Waals surface area contributed by atoms with E-state index in [9.17, 15) is 4.79 Å². The summed E-state index contributed by atoms with van der Waals surface area (Å²) in [5, 5.41) is 8.19. The van der Waals surface area contributed by atoms with E-state index < -0.39 is 5.54 Å². The number of hydrogen-bond donors (Lipinski definition) is 1. The van der Waals surface area contributed by atoms with E-state index >= 15 is 0 Å². The van der Waals surface area contributed by atoms with Crippen molar-refractivity contribution in [2.45, 2.75) is 46.1 Å². The fourth-order valence-corrected chi connectivity index (χ4v) is 3.57. The molecule has 20 heavy (non-hydrogen) atoms. The van der Waals surface area contributed by atoms with Crippen LogP contribution in [0, 0.1) is 13.8 Å². The second-order valence-corrected chi connectivity index (χ2v) is 7.45. The first-order valence-electron chi connectivity index (χ1n) is 6.65. The highest BCUT2D eigenvalue weighted by Crippen LogP contribution is 2.27. The molecule has 3 nitrogen and oxygen atoms in total. The van der Waals surface area contributed by atoms with Crippen LogP contribution < -0.4 is 5.32 Å². The Kier molecular flexibility index (Phi) is 4.60. The SMILES string of the molecule is Cc1nc(C(C)(C)NC(=O)CCc2ccsc2)sc1C. The number of aromatic nitrogens is 1. The Bertz CT molecular complexity index is 566. The maximum Gasteiger partial charge on any atom is 0.221 e. The first kappa shape index (κ1) is 15.2. The van der Waals surface area contributed by atoms with Crippen molar-refractivity contribution in [1.82, 2.24) is 10.3 Å². The fraction of sp³-hybridized carbons (Fsp3) is 0.467. The van der Waals surface area contributed by atoms with Crippen LogP contribution in [-0.4, -0.2) is 10.9 Å². The van der Waals surface area contributed by atoms with Crippen LogP contribution in [0.1, 0.15) is 41.4 Å². The first-order valence-corrected chi connectivity index (χ1v) is 8.41. The number of hydrogen-bond acceptors (Lipinski definition) is 4. The van der Waals surface area contributed by atoms with Crippen molar-refractivity contribution < 1.29 is 4.79 Å². The van der Waals surface area contributed by atoms with Crippen molar-refractivity contribution in [3.05, 3.63) is 38.0 Å². The third-order valence-corrected chi connectivity index (χ3v) is 5.36. The van der Waals surface area contributed by atoms with Gasteiger partial charge in [-0.3, -0.25) is 4.79 Å². The summed E-state index contributed by atoms with van der Waals surface area (Å²) in [5.41, 5.74) is 1.87. The summed E-state index contributed by atoms with van der Waals surface area (Å²) in [6.07, 6.45) is 1.31. The van der Waals surface area contributed by atoms with Gasteiger partial charge in [0.2, 0.25) is 5.91 Å². The molecule has 0 unspecified atom stereocenters. The van der Waals surface area contributed by atoms with E-state index in [1.165, 1.54) is 10.4 Å². The minimum absolute atomic E-state index is 0.0757. The summed E-state index contributed by atoms with van der Waals surface area (Å²) in [6, 6.07) is 2.07. The molecule has 0 saturated heterocycles. The van der Waals surface area contributed by atoms with Crippen LogP contribution >= 0.6 is 22.7 Å². The lowest BCUT2D eigenvalue weighted by Crippen LogP contribution is -2.41. The number of amides is 1. The Labute approximate surface area is 128 Å². The molecule has 0 aliphatic rings. The van der Waals surface area contributed by atoms with Crippen molar-refractivity contribution >= 4 is 28.6 Å². The highest BCUT2D eigenvalue weighted by Gasteiger charge is 2.26. The number of aryl methyl sites for hydroxylation is 3. The van der Waals surface area contributed by atoms with E-state index in [1.807, 2.05) is 26.2 Å². The molecule has 0 radical (unpaired) electrons. The monoisotopic (exact) mass is 308 g/mol. The predicted molar refractivity (Wildman–Crippen MR) is 85.4 cm³/mol. The van der Waals surface area contributed by atoms with Gasteiger partial charge in [-0.2, -0.15) is 11.3 Å². The maximum absolute atomic E-state index is 12.1. The normalized spacial score (nSPS) is 11.6. The molecule has 1 N–H and O–H groups in total. The van der Waals surface area contributed by atoms with Crippen molar-refractivity contribution in [1.29, 1.82) is 0 Å². The Balaban J connectivity index is 1.95. The van der Waals surface area contributed by atoms with Gasteiger partial charge in [-0.25, -0.2) is 4.98 Å². The third-order valence-electron chi connectivity index (χ3n) is 3.24. The number of nitrogens with zero attached hydrogens (tertiary/aromatic N) is 1. The zero-order valence-electron chi connectivity index (χ0n) is 12.3. The lowest BCUT2D eigenvalue weighted by Gasteiger charge is -2.23. The van der Waals surface area contributed by atoms with E-state index in [4.69, 9.17) is 0 Å². The van der Waals surface area contributed by atoms with E-state index in [0.717, 1.165) is 17.1 Å². The van der Waals surface area contributed by atoms with Crippen LogP contribution in [0.4, 0.5) is 0 Å². The van der Waals surface area contributed by atoms with Crippen LogP contribution in [0.25, 0.3) is 0 Å². The first-order chi connectivity index (χ1) is 9.38. The Morgan fingerprint density at radius 2 is 2.15 bits per heavy atom. The summed E-state index contributed by atoms with van der Waals surface area (Å²) >= 11 is 3.32. The van der Waals surface area contributed by atoms with Crippen molar-refractivity contribution in [2.75, 3.05) is 0 Å². The Morgan fingerprint density at radius 1 is 1.40 bits per heavy atom. The summed E-state index contributed by atoms with van der Waals surface area (Å²) in [7, 11) is 0.